The molecule has 1 aliphatic heterocycles. The minimum atomic E-state index is -4.44. The average Bonchev–Trinajstić information content (AvgIpc) is 3.33. The second-order valence-corrected chi connectivity index (χ2v) is 9.65. The van der Waals surface area contributed by atoms with E-state index in [2.05, 4.69) is 10.2 Å². The van der Waals surface area contributed by atoms with Gasteiger partial charge in [0, 0.05) is 24.7 Å². The van der Waals surface area contributed by atoms with Gasteiger partial charge in [0.05, 0.1) is 25.7 Å². The summed E-state index contributed by atoms with van der Waals surface area (Å²) in [5.41, 5.74) is -0.440. The van der Waals surface area contributed by atoms with Gasteiger partial charge in [-0.3, -0.25) is 0 Å². The number of hydrogen-bond acceptors (Lipinski definition) is 7. The summed E-state index contributed by atoms with van der Waals surface area (Å²) in [4.78, 5) is -0.00836. The summed E-state index contributed by atoms with van der Waals surface area (Å²) in [5.74, 6) is 0.512. The van der Waals surface area contributed by atoms with Crippen LogP contribution < -0.4 is 9.47 Å². The van der Waals surface area contributed by atoms with Gasteiger partial charge >= 0.3 is 6.18 Å². The van der Waals surface area contributed by atoms with E-state index in [0.717, 1.165) is 12.1 Å². The van der Waals surface area contributed by atoms with Crippen molar-refractivity contribution in [2.75, 3.05) is 27.3 Å². The summed E-state index contributed by atoms with van der Waals surface area (Å²) >= 11 is 0. The Morgan fingerprint density at radius 1 is 1.06 bits per heavy atom. The molecule has 1 unspecified atom stereocenters. The number of sulfonamides is 1. The maximum absolute atomic E-state index is 13.4. The average molecular weight is 497 g/mol. The van der Waals surface area contributed by atoms with Gasteiger partial charge in [-0.05, 0) is 49.2 Å². The third-order valence-corrected chi connectivity index (χ3v) is 7.51. The molecule has 3 aromatic rings. The Morgan fingerprint density at radius 2 is 1.79 bits per heavy atom. The van der Waals surface area contributed by atoms with E-state index < -0.39 is 21.8 Å². The molecule has 182 valence electrons. The molecule has 1 aromatic heterocycles. The lowest BCUT2D eigenvalue weighted by atomic mass is 10.00. The van der Waals surface area contributed by atoms with Crippen molar-refractivity contribution in [2.24, 2.45) is 0 Å². The molecular formula is C22H22F3N3O5S. The van der Waals surface area contributed by atoms with E-state index in [9.17, 15) is 21.6 Å². The maximum Gasteiger partial charge on any atom is 0.416 e. The van der Waals surface area contributed by atoms with Crippen LogP contribution >= 0.6 is 0 Å². The number of halogens is 3. The van der Waals surface area contributed by atoms with Crippen LogP contribution in [0.5, 0.6) is 11.5 Å². The number of methoxy groups -OCH3 is 2. The minimum Gasteiger partial charge on any atom is -0.497 e. The van der Waals surface area contributed by atoms with Gasteiger partial charge in [0.15, 0.2) is 0 Å². The largest absolute Gasteiger partial charge is 0.497 e. The summed E-state index contributed by atoms with van der Waals surface area (Å²) < 4.78 is 82.6. The number of rotatable bonds is 6. The SMILES string of the molecule is COc1ccc(OC)c(S(=O)(=O)N2CCCC(c3nnc(-c4ccc(C(F)(F)F)cc4)o3)C2)c1. The van der Waals surface area contributed by atoms with Crippen LogP contribution in [0.25, 0.3) is 11.5 Å². The summed E-state index contributed by atoms with van der Waals surface area (Å²) in [6, 6.07) is 8.94. The van der Waals surface area contributed by atoms with Gasteiger partial charge in [-0.25, -0.2) is 8.42 Å². The van der Waals surface area contributed by atoms with Crippen LogP contribution in [-0.4, -0.2) is 50.2 Å². The highest BCUT2D eigenvalue weighted by molar-refractivity contribution is 7.89. The molecule has 12 heteroatoms. The molecular weight excluding hydrogens is 475 g/mol. The van der Waals surface area contributed by atoms with Crippen LogP contribution in [0.1, 0.15) is 30.2 Å². The van der Waals surface area contributed by atoms with Crippen molar-refractivity contribution in [1.29, 1.82) is 0 Å². The molecule has 0 amide bonds. The number of nitrogens with zero attached hydrogens (tertiary/aromatic N) is 3. The predicted octanol–water partition coefficient (Wildman–Crippen LogP) is 4.34. The summed E-state index contributed by atoms with van der Waals surface area (Å²) in [5, 5.41) is 7.98. The summed E-state index contributed by atoms with van der Waals surface area (Å²) in [7, 11) is -1.08. The molecule has 1 fully saturated rings. The molecule has 8 nitrogen and oxygen atoms in total. The molecule has 0 aliphatic carbocycles. The van der Waals surface area contributed by atoms with Crippen LogP contribution in [0.2, 0.25) is 0 Å². The Morgan fingerprint density at radius 3 is 2.44 bits per heavy atom. The molecule has 1 aliphatic rings. The number of benzene rings is 2. The zero-order chi connectivity index (χ0) is 24.5. The minimum absolute atomic E-state index is 0.00836. The number of hydrogen-bond donors (Lipinski definition) is 0. The molecule has 1 saturated heterocycles. The number of aromatic nitrogens is 2. The van der Waals surface area contributed by atoms with E-state index in [4.69, 9.17) is 13.9 Å². The molecule has 4 rings (SSSR count). The molecule has 0 bridgehead atoms. The van der Waals surface area contributed by atoms with Gasteiger partial charge in [0.25, 0.3) is 0 Å². The van der Waals surface area contributed by atoms with Gasteiger partial charge in [-0.1, -0.05) is 0 Å². The first-order valence-electron chi connectivity index (χ1n) is 10.4. The van der Waals surface area contributed by atoms with Crippen LogP contribution in [0.3, 0.4) is 0 Å². The molecule has 0 radical (unpaired) electrons. The number of alkyl halides is 3. The second-order valence-electron chi connectivity index (χ2n) is 7.74. The van der Waals surface area contributed by atoms with E-state index in [0.29, 0.717) is 30.7 Å². The van der Waals surface area contributed by atoms with Crippen molar-refractivity contribution in [2.45, 2.75) is 29.8 Å². The molecule has 1 atom stereocenters. The van der Waals surface area contributed by atoms with E-state index in [1.807, 2.05) is 0 Å². The van der Waals surface area contributed by atoms with Crippen molar-refractivity contribution in [3.63, 3.8) is 0 Å². The zero-order valence-corrected chi connectivity index (χ0v) is 19.2. The van der Waals surface area contributed by atoms with Crippen LogP contribution in [0.4, 0.5) is 13.2 Å². The molecule has 0 saturated carbocycles. The van der Waals surface area contributed by atoms with Crippen molar-refractivity contribution >= 4 is 10.0 Å². The third kappa shape index (κ3) is 4.73. The summed E-state index contributed by atoms with van der Waals surface area (Å²) in [6.45, 7) is 0.413. The van der Waals surface area contributed by atoms with Crippen molar-refractivity contribution < 1.29 is 35.5 Å². The lowest BCUT2D eigenvalue weighted by molar-refractivity contribution is -0.137. The van der Waals surface area contributed by atoms with E-state index in [1.165, 1.54) is 42.8 Å². The zero-order valence-electron chi connectivity index (χ0n) is 18.4. The fourth-order valence-electron chi connectivity index (χ4n) is 3.80. The highest BCUT2D eigenvalue weighted by Crippen LogP contribution is 2.36. The predicted molar refractivity (Wildman–Crippen MR) is 115 cm³/mol. The maximum atomic E-state index is 13.4. The topological polar surface area (TPSA) is 94.8 Å². The lowest BCUT2D eigenvalue weighted by Gasteiger charge is -2.30. The standard InChI is InChI=1S/C22H22F3N3O5S/c1-31-17-9-10-18(32-2)19(12-17)34(29,30)28-11-3-4-15(13-28)21-27-26-20(33-21)14-5-7-16(8-6-14)22(23,24)25/h5-10,12,15H,3-4,11,13H2,1-2H3. The smallest absolute Gasteiger partial charge is 0.416 e. The number of ether oxygens (including phenoxy) is 2. The van der Waals surface area contributed by atoms with Gasteiger partial charge in [-0.2, -0.15) is 17.5 Å². The van der Waals surface area contributed by atoms with Gasteiger partial charge < -0.3 is 13.9 Å². The Balaban J connectivity index is 1.56. The highest BCUT2D eigenvalue weighted by Gasteiger charge is 2.35. The van der Waals surface area contributed by atoms with Crippen LogP contribution in [-0.2, 0) is 16.2 Å². The Kier molecular flexibility index (Phi) is 6.54. The Labute approximate surface area is 194 Å². The monoisotopic (exact) mass is 497 g/mol. The fraction of sp³-hybridized carbons (Fsp3) is 0.364. The van der Waals surface area contributed by atoms with Crippen LogP contribution in [0.15, 0.2) is 51.8 Å². The molecule has 2 aromatic carbocycles. The van der Waals surface area contributed by atoms with Gasteiger partial charge in [-0.15, -0.1) is 10.2 Å². The molecule has 34 heavy (non-hydrogen) atoms. The molecule has 2 heterocycles. The third-order valence-electron chi connectivity index (χ3n) is 5.62. The van der Waals surface area contributed by atoms with Crippen molar-refractivity contribution in [3.8, 4) is 23.0 Å². The molecule has 0 N–H and O–H groups in total. The highest BCUT2D eigenvalue weighted by atomic mass is 32.2. The van der Waals surface area contributed by atoms with E-state index in [1.54, 1.807) is 6.07 Å². The summed E-state index contributed by atoms with van der Waals surface area (Å²) in [6.07, 6.45) is -3.26. The van der Waals surface area contributed by atoms with Gasteiger partial charge in [0.2, 0.25) is 21.8 Å². The normalized spacial score (nSPS) is 17.5. The first-order valence-corrected chi connectivity index (χ1v) is 11.8. The van der Waals surface area contributed by atoms with E-state index in [-0.39, 0.29) is 34.9 Å². The van der Waals surface area contributed by atoms with Crippen LogP contribution in [0, 0.1) is 0 Å². The second kappa shape index (κ2) is 9.26. The quantitative estimate of drug-likeness (QED) is 0.500. The first kappa shape index (κ1) is 24.0. The van der Waals surface area contributed by atoms with E-state index >= 15 is 0 Å². The van der Waals surface area contributed by atoms with Crippen molar-refractivity contribution in [1.82, 2.24) is 14.5 Å². The first-order chi connectivity index (χ1) is 16.1. The number of piperidine rings is 1. The lowest BCUT2D eigenvalue weighted by Crippen LogP contribution is -2.39. The van der Waals surface area contributed by atoms with Crippen molar-refractivity contribution in [3.05, 3.63) is 53.9 Å². The Bertz CT molecular complexity index is 1260. The molecule has 0 spiro atoms. The van der Waals surface area contributed by atoms with Gasteiger partial charge in [0.1, 0.15) is 16.4 Å². The fourth-order valence-corrected chi connectivity index (χ4v) is 5.50. The Hall–Kier alpha value is -3.12.